The Hall–Kier alpha value is -1.80. The molecule has 1 aromatic carbocycles. The van der Waals surface area contributed by atoms with Crippen LogP contribution in [0.1, 0.15) is 19.3 Å². The van der Waals surface area contributed by atoms with Crippen molar-refractivity contribution in [3.05, 3.63) is 29.6 Å². The van der Waals surface area contributed by atoms with Gasteiger partial charge >= 0.3 is 6.03 Å². The van der Waals surface area contributed by atoms with Gasteiger partial charge < -0.3 is 20.4 Å². The van der Waals surface area contributed by atoms with Crippen LogP contribution in [-0.4, -0.2) is 46.4 Å². The summed E-state index contributed by atoms with van der Waals surface area (Å²) < 4.78 is 39.7. The zero-order valence-electron chi connectivity index (χ0n) is 11.8. The van der Waals surface area contributed by atoms with Crippen LogP contribution in [0, 0.1) is 17.5 Å². The monoisotopic (exact) mass is 318 g/mol. The average molecular weight is 318 g/mol. The smallest absolute Gasteiger partial charge is 0.321 e. The number of nitrogens with one attached hydrogen (secondary N) is 1. The van der Waals surface area contributed by atoms with Crippen molar-refractivity contribution in [3.8, 4) is 0 Å². The summed E-state index contributed by atoms with van der Waals surface area (Å²) in [6.45, 7) is 0.0159. The van der Waals surface area contributed by atoms with Crippen LogP contribution in [0.25, 0.3) is 0 Å². The van der Waals surface area contributed by atoms with Crippen molar-refractivity contribution in [2.24, 2.45) is 0 Å². The van der Waals surface area contributed by atoms with Crippen molar-refractivity contribution in [2.75, 3.05) is 25.0 Å². The van der Waals surface area contributed by atoms with Crippen LogP contribution in [0.5, 0.6) is 0 Å². The molecule has 0 aliphatic carbocycles. The molecule has 1 aromatic rings. The molecule has 5 nitrogen and oxygen atoms in total. The summed E-state index contributed by atoms with van der Waals surface area (Å²) in [5.41, 5.74) is -1.82. The number of aliphatic hydroxyl groups excluding tert-OH is 1. The lowest BCUT2D eigenvalue weighted by molar-refractivity contribution is -0.0247. The van der Waals surface area contributed by atoms with E-state index in [0.29, 0.717) is 25.0 Å². The molecule has 1 saturated heterocycles. The van der Waals surface area contributed by atoms with E-state index in [1.807, 2.05) is 0 Å². The maximum absolute atomic E-state index is 13.5. The zero-order valence-corrected chi connectivity index (χ0v) is 11.8. The number of amides is 2. The average Bonchev–Trinajstić information content (AvgIpc) is 2.67. The topological polar surface area (TPSA) is 72.8 Å². The highest BCUT2D eigenvalue weighted by atomic mass is 19.2. The molecule has 8 heteroatoms. The number of halogens is 3. The molecule has 0 spiro atoms. The number of anilines is 1. The molecular formula is C14H17F3N2O3. The maximum Gasteiger partial charge on any atom is 0.321 e. The Bertz CT molecular complexity index is 571. The fraction of sp³-hybridized carbons (Fsp3) is 0.500. The van der Waals surface area contributed by atoms with Gasteiger partial charge in [0.25, 0.3) is 0 Å². The minimum absolute atomic E-state index is 0.141. The van der Waals surface area contributed by atoms with Gasteiger partial charge in [-0.25, -0.2) is 18.0 Å². The summed E-state index contributed by atoms with van der Waals surface area (Å²) in [5.74, 6) is -3.73. The van der Waals surface area contributed by atoms with Crippen molar-refractivity contribution in [2.45, 2.75) is 24.9 Å². The molecule has 0 radical (unpaired) electrons. The summed E-state index contributed by atoms with van der Waals surface area (Å²) in [6, 6.07) is 0.363. The minimum atomic E-state index is -1.39. The van der Waals surface area contributed by atoms with Gasteiger partial charge in [-0.3, -0.25) is 0 Å². The normalized spacial score (nSPS) is 22.3. The van der Waals surface area contributed by atoms with Crippen molar-refractivity contribution < 1.29 is 28.2 Å². The van der Waals surface area contributed by atoms with E-state index in [-0.39, 0.29) is 19.5 Å². The van der Waals surface area contributed by atoms with Crippen molar-refractivity contribution >= 4 is 11.7 Å². The van der Waals surface area contributed by atoms with Gasteiger partial charge in [-0.05, 0) is 19.3 Å². The molecule has 122 valence electrons. The Balaban J connectivity index is 2.07. The maximum atomic E-state index is 13.5. The lowest BCUT2D eigenvalue weighted by Gasteiger charge is -2.24. The Morgan fingerprint density at radius 1 is 1.27 bits per heavy atom. The van der Waals surface area contributed by atoms with Gasteiger partial charge in [-0.2, -0.15) is 0 Å². The van der Waals surface area contributed by atoms with E-state index >= 15 is 0 Å². The van der Waals surface area contributed by atoms with Crippen molar-refractivity contribution in [3.63, 3.8) is 0 Å². The first-order valence-electron chi connectivity index (χ1n) is 6.88. The largest absolute Gasteiger partial charge is 0.393 e. The highest BCUT2D eigenvalue weighted by Gasteiger charge is 2.31. The predicted molar refractivity (Wildman–Crippen MR) is 72.8 cm³/mol. The molecule has 0 saturated carbocycles. The fourth-order valence-electron chi connectivity index (χ4n) is 2.38. The number of nitrogens with zero attached hydrogens (tertiary/aromatic N) is 1. The van der Waals surface area contributed by atoms with Crippen LogP contribution in [-0.2, 0) is 0 Å². The Morgan fingerprint density at radius 2 is 2.00 bits per heavy atom. The second-order valence-electron chi connectivity index (χ2n) is 5.40. The number of aliphatic hydroxyl groups is 2. The first-order chi connectivity index (χ1) is 10.3. The predicted octanol–water partition coefficient (Wildman–Crippen LogP) is 1.85. The highest BCUT2D eigenvalue weighted by Crippen LogP contribution is 2.23. The number of hydrogen-bond donors (Lipinski definition) is 3. The van der Waals surface area contributed by atoms with Crippen LogP contribution in [0.15, 0.2) is 12.1 Å². The lowest BCUT2D eigenvalue weighted by Crippen LogP contribution is -2.38. The molecule has 0 bridgehead atoms. The molecule has 3 N–H and O–H groups in total. The molecular weight excluding hydrogens is 301 g/mol. The third-order valence-corrected chi connectivity index (χ3v) is 3.73. The van der Waals surface area contributed by atoms with Gasteiger partial charge in [-0.1, -0.05) is 0 Å². The summed E-state index contributed by atoms with van der Waals surface area (Å²) in [7, 11) is 0. The second-order valence-corrected chi connectivity index (χ2v) is 5.40. The quantitative estimate of drug-likeness (QED) is 0.729. The molecule has 1 atom stereocenters. The highest BCUT2D eigenvalue weighted by molar-refractivity contribution is 5.89. The number of carbonyl (C=O) groups excluding carboxylic acids is 1. The van der Waals surface area contributed by atoms with Gasteiger partial charge in [0.15, 0.2) is 11.6 Å². The summed E-state index contributed by atoms with van der Waals surface area (Å²) in [4.78, 5) is 13.4. The zero-order chi connectivity index (χ0) is 16.3. The third-order valence-electron chi connectivity index (χ3n) is 3.73. The second kappa shape index (κ2) is 6.53. The number of likely N-dealkylation sites (tertiary alicyclic amines) is 1. The van der Waals surface area contributed by atoms with Crippen LogP contribution in [0.2, 0.25) is 0 Å². The molecule has 2 rings (SSSR count). The van der Waals surface area contributed by atoms with E-state index in [0.717, 1.165) is 0 Å². The van der Waals surface area contributed by atoms with Gasteiger partial charge in [-0.15, -0.1) is 0 Å². The Kier molecular flexibility index (Phi) is 4.92. The van der Waals surface area contributed by atoms with Crippen LogP contribution in [0.3, 0.4) is 0 Å². The molecule has 1 aliphatic rings. The third kappa shape index (κ3) is 3.69. The number of hydrogen-bond acceptors (Lipinski definition) is 3. The molecule has 1 aliphatic heterocycles. The van der Waals surface area contributed by atoms with E-state index in [4.69, 9.17) is 5.11 Å². The van der Waals surface area contributed by atoms with Crippen LogP contribution in [0.4, 0.5) is 23.7 Å². The van der Waals surface area contributed by atoms with E-state index < -0.39 is 41.4 Å². The molecule has 1 heterocycles. The lowest BCUT2D eigenvalue weighted by atomic mass is 9.96. The SMILES string of the molecule is O=C(Nc1cc(F)cc(F)c1F)N1CCCC(O)(CO)CC1. The summed E-state index contributed by atoms with van der Waals surface area (Å²) in [5, 5.41) is 21.3. The van der Waals surface area contributed by atoms with Gasteiger partial charge in [0, 0.05) is 25.2 Å². The molecule has 1 unspecified atom stereocenters. The first kappa shape index (κ1) is 16.6. The molecule has 2 amide bonds. The van der Waals surface area contributed by atoms with Crippen molar-refractivity contribution in [1.82, 2.24) is 4.90 Å². The first-order valence-corrected chi connectivity index (χ1v) is 6.88. The van der Waals surface area contributed by atoms with Gasteiger partial charge in [0.2, 0.25) is 0 Å². The van der Waals surface area contributed by atoms with Crippen LogP contribution < -0.4 is 5.32 Å². The number of benzene rings is 1. The van der Waals surface area contributed by atoms with E-state index in [1.165, 1.54) is 4.90 Å². The van der Waals surface area contributed by atoms with E-state index in [1.54, 1.807) is 0 Å². The van der Waals surface area contributed by atoms with Gasteiger partial charge in [0.05, 0.1) is 17.9 Å². The number of urea groups is 1. The number of carbonyl (C=O) groups is 1. The van der Waals surface area contributed by atoms with Gasteiger partial charge in [0.1, 0.15) is 5.82 Å². The van der Waals surface area contributed by atoms with E-state index in [2.05, 4.69) is 5.32 Å². The minimum Gasteiger partial charge on any atom is -0.393 e. The summed E-state index contributed by atoms with van der Waals surface area (Å²) >= 11 is 0. The Labute approximate surface area is 125 Å². The van der Waals surface area contributed by atoms with Crippen LogP contribution >= 0.6 is 0 Å². The summed E-state index contributed by atoms with van der Waals surface area (Å²) in [6.07, 6.45) is 0.942. The molecule has 22 heavy (non-hydrogen) atoms. The van der Waals surface area contributed by atoms with E-state index in [9.17, 15) is 23.1 Å². The molecule has 1 fully saturated rings. The number of rotatable bonds is 2. The van der Waals surface area contributed by atoms with Crippen molar-refractivity contribution in [1.29, 1.82) is 0 Å². The fourth-order valence-corrected chi connectivity index (χ4v) is 2.38. The Morgan fingerprint density at radius 3 is 2.68 bits per heavy atom. The molecule has 0 aromatic heterocycles. The standard InChI is InChI=1S/C14H17F3N2O3/c15-9-6-10(16)12(17)11(7-9)18-13(21)19-4-1-2-14(22,8-20)3-5-19/h6-7,20,22H,1-5,8H2,(H,18,21).